The first-order chi connectivity index (χ1) is 18.8. The molecule has 0 unspecified atom stereocenters. The minimum atomic E-state index is -3.42. The molecule has 1 aromatic heterocycles. The van der Waals surface area contributed by atoms with Crippen LogP contribution in [0.5, 0.6) is 0 Å². The van der Waals surface area contributed by atoms with E-state index in [0.29, 0.717) is 11.4 Å². The Morgan fingerprint density at radius 3 is 1.85 bits per heavy atom. The smallest absolute Gasteiger partial charge is 0.350 e. The van der Waals surface area contributed by atoms with E-state index in [1.54, 1.807) is 36.7 Å². The van der Waals surface area contributed by atoms with Gasteiger partial charge in [0.05, 0.1) is 4.90 Å². The summed E-state index contributed by atoms with van der Waals surface area (Å²) in [7, 11) is -3.42. The molecule has 0 bridgehead atoms. The van der Waals surface area contributed by atoms with Gasteiger partial charge in [0.15, 0.2) is 15.7 Å². The second kappa shape index (κ2) is 11.3. The summed E-state index contributed by atoms with van der Waals surface area (Å²) in [5.74, 6) is -1.56. The molecule has 0 saturated heterocycles. The first-order valence-corrected chi connectivity index (χ1v) is 14.4. The maximum Gasteiger partial charge on any atom is 0.350 e. The molecule has 9 heteroatoms. The summed E-state index contributed by atoms with van der Waals surface area (Å²) in [5, 5.41) is 9.61. The molecular weight excluding hydrogens is 526 g/mol. The number of benzene rings is 3. The number of rotatable bonds is 7. The molecule has 0 atom stereocenters. The molecule has 204 valence electrons. The molecule has 1 amide bonds. The number of carbonyl (C=O) groups is 2. The van der Waals surface area contributed by atoms with Crippen molar-refractivity contribution in [2.24, 2.45) is 4.99 Å². The van der Waals surface area contributed by atoms with Crippen molar-refractivity contribution in [1.82, 2.24) is 9.97 Å². The molecule has 0 fully saturated rings. The second-order valence-corrected chi connectivity index (χ2v) is 12.5. The van der Waals surface area contributed by atoms with E-state index in [1.807, 2.05) is 0 Å². The van der Waals surface area contributed by atoms with Crippen LogP contribution in [-0.4, -0.2) is 47.3 Å². The lowest BCUT2D eigenvalue weighted by molar-refractivity contribution is -0.129. The molecule has 0 aliphatic rings. The number of carboxylic acid groups (broad SMARTS) is 1. The molecule has 8 nitrogen and oxygen atoms in total. The Morgan fingerprint density at radius 2 is 1.35 bits per heavy atom. The largest absolute Gasteiger partial charge is 0.477 e. The zero-order valence-electron chi connectivity index (χ0n) is 22.6. The zero-order chi connectivity index (χ0) is 29.1. The Labute approximate surface area is 233 Å². The summed E-state index contributed by atoms with van der Waals surface area (Å²) in [6, 6.07) is 20.6. The molecular formula is C31H29N3O5S. The maximum absolute atomic E-state index is 12.5. The molecule has 1 N–H and O–H groups in total. The number of carboxylic acids is 1. The number of amides is 1. The summed E-state index contributed by atoms with van der Waals surface area (Å²) in [6.07, 6.45) is 4.52. The topological polar surface area (TPSA) is 127 Å². The fraction of sp³-hybridized carbons (Fsp3) is 0.194. The third-order valence-corrected chi connectivity index (χ3v) is 7.46. The molecule has 4 aromatic rings. The number of hydrogen-bond donors (Lipinski definition) is 1. The minimum Gasteiger partial charge on any atom is -0.477 e. The van der Waals surface area contributed by atoms with Crippen LogP contribution in [0.1, 0.15) is 42.3 Å². The van der Waals surface area contributed by atoms with Crippen molar-refractivity contribution in [3.63, 3.8) is 0 Å². The van der Waals surface area contributed by atoms with Gasteiger partial charge < -0.3 is 5.11 Å². The van der Waals surface area contributed by atoms with Crippen LogP contribution in [-0.2, 0) is 26.5 Å². The molecule has 0 spiro atoms. The van der Waals surface area contributed by atoms with Crippen LogP contribution in [0, 0.1) is 0 Å². The third-order valence-electron chi connectivity index (χ3n) is 6.33. The lowest BCUT2D eigenvalue weighted by Gasteiger charge is -2.19. The highest BCUT2D eigenvalue weighted by molar-refractivity contribution is 7.90. The van der Waals surface area contributed by atoms with Gasteiger partial charge in [-0.15, -0.1) is 0 Å². The number of aliphatic imine (C=N–C) groups is 1. The van der Waals surface area contributed by atoms with Gasteiger partial charge in [-0.2, -0.15) is 0 Å². The Bertz CT molecular complexity index is 1670. The lowest BCUT2D eigenvalue weighted by Crippen LogP contribution is -2.18. The highest BCUT2D eigenvalue weighted by Gasteiger charge is 2.16. The molecule has 0 aliphatic carbocycles. The Morgan fingerprint density at radius 1 is 0.800 bits per heavy atom. The van der Waals surface area contributed by atoms with Gasteiger partial charge >= 0.3 is 5.97 Å². The van der Waals surface area contributed by atoms with Crippen LogP contribution in [0.3, 0.4) is 0 Å². The molecule has 40 heavy (non-hydrogen) atoms. The molecule has 0 aliphatic heterocycles. The van der Waals surface area contributed by atoms with Crippen LogP contribution in [0.25, 0.3) is 22.5 Å². The van der Waals surface area contributed by atoms with Crippen LogP contribution in [0.15, 0.2) is 95.1 Å². The number of carbonyl (C=O) groups excluding carboxylic acids is 1. The van der Waals surface area contributed by atoms with Crippen molar-refractivity contribution < 1.29 is 23.1 Å². The number of hydrogen-bond acceptors (Lipinski definition) is 6. The van der Waals surface area contributed by atoms with Crippen molar-refractivity contribution in [1.29, 1.82) is 0 Å². The lowest BCUT2D eigenvalue weighted by atomic mass is 9.86. The third kappa shape index (κ3) is 6.92. The first-order valence-electron chi connectivity index (χ1n) is 12.5. The average molecular weight is 556 g/mol. The number of nitrogens with zero attached hydrogens (tertiary/aromatic N) is 3. The van der Waals surface area contributed by atoms with Crippen molar-refractivity contribution >= 4 is 27.4 Å². The number of sulfone groups is 1. The van der Waals surface area contributed by atoms with Crippen LogP contribution < -0.4 is 0 Å². The summed E-state index contributed by atoms with van der Waals surface area (Å²) >= 11 is 0. The number of aliphatic carboxylic acids is 1. The Hall–Kier alpha value is -4.50. The summed E-state index contributed by atoms with van der Waals surface area (Å²) in [6.45, 7) is 6.51. The second-order valence-electron chi connectivity index (χ2n) is 10.5. The van der Waals surface area contributed by atoms with Crippen molar-refractivity contribution in [2.45, 2.75) is 37.5 Å². The predicted octanol–water partition coefficient (Wildman–Crippen LogP) is 5.42. The highest BCUT2D eigenvalue weighted by atomic mass is 32.2. The van der Waals surface area contributed by atoms with Crippen LogP contribution in [0.2, 0.25) is 0 Å². The van der Waals surface area contributed by atoms with E-state index in [9.17, 15) is 23.1 Å². The Balaban J connectivity index is 1.47. The quantitative estimate of drug-likeness (QED) is 0.302. The van der Waals surface area contributed by atoms with Gasteiger partial charge in [0.25, 0.3) is 5.91 Å². The van der Waals surface area contributed by atoms with E-state index < -0.39 is 21.7 Å². The van der Waals surface area contributed by atoms with E-state index in [1.165, 1.54) is 29.8 Å². The zero-order valence-corrected chi connectivity index (χ0v) is 23.4. The van der Waals surface area contributed by atoms with Gasteiger partial charge in [0.1, 0.15) is 5.71 Å². The number of aromatic nitrogens is 2. The Kier molecular flexibility index (Phi) is 8.06. The monoisotopic (exact) mass is 555 g/mol. The van der Waals surface area contributed by atoms with Crippen molar-refractivity contribution in [3.8, 4) is 22.5 Å². The first kappa shape index (κ1) is 28.5. The predicted molar refractivity (Wildman–Crippen MR) is 154 cm³/mol. The van der Waals surface area contributed by atoms with Crippen LogP contribution >= 0.6 is 0 Å². The van der Waals surface area contributed by atoms with Crippen LogP contribution in [0.4, 0.5) is 0 Å². The van der Waals surface area contributed by atoms with E-state index in [2.05, 4.69) is 60.0 Å². The molecule has 3 aromatic carbocycles. The molecule has 0 saturated carbocycles. The van der Waals surface area contributed by atoms with Gasteiger partial charge in [-0.25, -0.2) is 28.2 Å². The molecule has 1 heterocycles. The van der Waals surface area contributed by atoms with E-state index in [4.69, 9.17) is 0 Å². The minimum absolute atomic E-state index is 0.0555. The summed E-state index contributed by atoms with van der Waals surface area (Å²) in [5.41, 5.74) is 4.41. The van der Waals surface area contributed by atoms with Crippen molar-refractivity contribution in [3.05, 3.63) is 102 Å². The summed E-state index contributed by atoms with van der Waals surface area (Å²) < 4.78 is 23.2. The van der Waals surface area contributed by atoms with E-state index in [-0.39, 0.29) is 28.0 Å². The van der Waals surface area contributed by atoms with Gasteiger partial charge in [0, 0.05) is 41.8 Å². The molecule has 4 rings (SSSR count). The van der Waals surface area contributed by atoms with Crippen molar-refractivity contribution in [2.75, 3.05) is 6.26 Å². The van der Waals surface area contributed by atoms with E-state index >= 15 is 0 Å². The van der Waals surface area contributed by atoms with Gasteiger partial charge in [-0.3, -0.25) is 4.79 Å². The molecule has 0 radical (unpaired) electrons. The highest BCUT2D eigenvalue weighted by Crippen LogP contribution is 2.26. The van der Waals surface area contributed by atoms with Gasteiger partial charge in [-0.05, 0) is 46.4 Å². The SMILES string of the molecule is CC(C)(C)c1ccc(-c2cnc(-c3ccc(CC(=NC(=O)c4ccc(S(C)(=O)=O)cc4)C(=O)O)cc3)nc2)cc1. The van der Waals surface area contributed by atoms with Gasteiger partial charge in [-0.1, -0.05) is 69.3 Å². The van der Waals surface area contributed by atoms with E-state index in [0.717, 1.165) is 22.9 Å². The standard InChI is InChI=1S/C31H29N3O5S/c1-31(2,3)25-13-9-21(10-14-25)24-18-32-28(33-19-24)22-7-5-20(6-8-22)17-27(30(36)37)34-29(35)23-11-15-26(16-12-23)40(4,38)39/h5-16,18-19H,17H2,1-4H3,(H,36,37). The fourth-order valence-corrected chi connectivity index (χ4v) is 4.58. The fourth-order valence-electron chi connectivity index (χ4n) is 3.95. The summed E-state index contributed by atoms with van der Waals surface area (Å²) in [4.78, 5) is 37.1. The van der Waals surface area contributed by atoms with Gasteiger partial charge in [0.2, 0.25) is 0 Å². The average Bonchev–Trinajstić information content (AvgIpc) is 2.92. The maximum atomic E-state index is 12.5. The normalized spacial score (nSPS) is 12.2.